The lowest BCUT2D eigenvalue weighted by atomic mass is 10.1. The monoisotopic (exact) mass is 492 g/mol. The average Bonchev–Trinajstić information content (AvgIpc) is 3.43. The molecule has 0 atom stereocenters. The molecule has 7 nitrogen and oxygen atoms in total. The smallest absolute Gasteiger partial charge is 0.271 e. The van der Waals surface area contributed by atoms with Gasteiger partial charge in [0.25, 0.3) is 5.91 Å². The second-order valence-corrected chi connectivity index (χ2v) is 8.68. The Morgan fingerprint density at radius 2 is 1.83 bits per heavy atom. The number of carbonyl (C=O) groups is 1. The van der Waals surface area contributed by atoms with Crippen molar-refractivity contribution in [3.05, 3.63) is 82.5 Å². The van der Waals surface area contributed by atoms with Gasteiger partial charge < -0.3 is 18.9 Å². The van der Waals surface area contributed by atoms with Crippen molar-refractivity contribution in [1.82, 2.24) is 0 Å². The predicted octanol–water partition coefficient (Wildman–Crippen LogP) is 5.59. The summed E-state index contributed by atoms with van der Waals surface area (Å²) in [4.78, 5) is 14.9. The van der Waals surface area contributed by atoms with Gasteiger partial charge in [0.05, 0.1) is 17.2 Å². The number of fused-ring (bicyclic) bond motifs is 1. The number of hydrogen-bond acceptors (Lipinski definition) is 7. The Balaban J connectivity index is 1.35. The minimum Gasteiger partial charge on any atom is -0.490 e. The standard InChI is InChI=1S/C26H21FN2O5S/c1-2-31-22-11-17(5-9-20(22)32-14-16-3-6-18(27)7-4-16)12-24-25(30)29(26(28)35-24)19-8-10-21-23(13-19)34-15-33-21/h3-13,28H,2,14-15H2,1H3/b24-12-,28-26?. The molecule has 0 bridgehead atoms. The molecule has 5 rings (SSSR count). The van der Waals surface area contributed by atoms with Gasteiger partial charge in [0.1, 0.15) is 12.4 Å². The highest BCUT2D eigenvalue weighted by molar-refractivity contribution is 8.19. The number of nitrogens with one attached hydrogen (secondary N) is 1. The van der Waals surface area contributed by atoms with Crippen LogP contribution >= 0.6 is 11.8 Å². The zero-order chi connectivity index (χ0) is 24.4. The van der Waals surface area contributed by atoms with E-state index in [0.717, 1.165) is 22.9 Å². The number of amides is 1. The molecule has 2 aliphatic rings. The van der Waals surface area contributed by atoms with E-state index >= 15 is 0 Å². The van der Waals surface area contributed by atoms with Crippen LogP contribution in [0.5, 0.6) is 23.0 Å². The third-order valence-corrected chi connectivity index (χ3v) is 6.20. The SMILES string of the molecule is CCOc1cc(/C=C2\SC(=N)N(c3ccc4c(c3)OCO4)C2=O)ccc1OCc1ccc(F)cc1. The number of amidine groups is 1. The molecule has 0 unspecified atom stereocenters. The lowest BCUT2D eigenvalue weighted by Gasteiger charge is -2.14. The van der Waals surface area contributed by atoms with Crippen molar-refractivity contribution in [2.24, 2.45) is 0 Å². The number of ether oxygens (including phenoxy) is 4. The second-order valence-electron chi connectivity index (χ2n) is 7.65. The molecule has 0 spiro atoms. The number of carbonyl (C=O) groups excluding carboxylic acids is 1. The number of anilines is 1. The largest absolute Gasteiger partial charge is 0.490 e. The fraction of sp³-hybridized carbons (Fsp3) is 0.154. The molecule has 1 N–H and O–H groups in total. The molecule has 2 aliphatic heterocycles. The number of halogens is 1. The number of rotatable bonds is 7. The van der Waals surface area contributed by atoms with Gasteiger partial charge >= 0.3 is 0 Å². The summed E-state index contributed by atoms with van der Waals surface area (Å²) in [7, 11) is 0. The molecular weight excluding hydrogens is 471 g/mol. The van der Waals surface area contributed by atoms with E-state index in [2.05, 4.69) is 0 Å². The fourth-order valence-electron chi connectivity index (χ4n) is 3.64. The Morgan fingerprint density at radius 3 is 2.63 bits per heavy atom. The molecule has 35 heavy (non-hydrogen) atoms. The highest BCUT2D eigenvalue weighted by atomic mass is 32.2. The van der Waals surface area contributed by atoms with Gasteiger partial charge in [-0.2, -0.15) is 0 Å². The molecule has 9 heteroatoms. The van der Waals surface area contributed by atoms with Crippen molar-refractivity contribution in [3.8, 4) is 23.0 Å². The number of benzene rings is 3. The zero-order valence-corrected chi connectivity index (χ0v) is 19.6. The van der Waals surface area contributed by atoms with E-state index in [0.29, 0.717) is 40.2 Å². The van der Waals surface area contributed by atoms with Gasteiger partial charge in [0, 0.05) is 6.07 Å². The first-order chi connectivity index (χ1) is 17.0. The van der Waals surface area contributed by atoms with E-state index in [4.69, 9.17) is 24.4 Å². The van der Waals surface area contributed by atoms with Crippen LogP contribution in [0, 0.1) is 11.2 Å². The van der Waals surface area contributed by atoms with Crippen molar-refractivity contribution in [1.29, 1.82) is 5.41 Å². The second kappa shape index (κ2) is 9.71. The summed E-state index contributed by atoms with van der Waals surface area (Å²) < 4.78 is 35.5. The molecule has 3 aromatic carbocycles. The molecule has 1 saturated heterocycles. The molecule has 1 amide bonds. The summed E-state index contributed by atoms with van der Waals surface area (Å²) in [6.07, 6.45) is 1.72. The van der Waals surface area contributed by atoms with E-state index in [-0.39, 0.29) is 30.3 Å². The predicted molar refractivity (Wildman–Crippen MR) is 132 cm³/mol. The Labute approximate surface area is 205 Å². The molecular formula is C26H21FN2O5S. The molecule has 0 saturated carbocycles. The van der Waals surface area contributed by atoms with Crippen LogP contribution in [0.2, 0.25) is 0 Å². The van der Waals surface area contributed by atoms with Gasteiger partial charge in [-0.05, 0) is 72.3 Å². The summed E-state index contributed by atoms with van der Waals surface area (Å²) in [5, 5.41) is 8.45. The van der Waals surface area contributed by atoms with Gasteiger partial charge in [-0.1, -0.05) is 18.2 Å². The van der Waals surface area contributed by atoms with E-state index in [1.54, 1.807) is 48.5 Å². The maximum atomic E-state index is 13.1. The van der Waals surface area contributed by atoms with Gasteiger partial charge in [0.2, 0.25) is 6.79 Å². The summed E-state index contributed by atoms with van der Waals surface area (Å²) in [5.74, 6) is 1.63. The quantitative estimate of drug-likeness (QED) is 0.433. The van der Waals surface area contributed by atoms with E-state index in [1.807, 2.05) is 13.0 Å². The minimum atomic E-state index is -0.300. The maximum absolute atomic E-state index is 13.1. The topological polar surface area (TPSA) is 81.1 Å². The molecule has 1 fully saturated rings. The molecule has 178 valence electrons. The first-order valence-corrected chi connectivity index (χ1v) is 11.7. The third-order valence-electron chi connectivity index (χ3n) is 5.31. The van der Waals surface area contributed by atoms with E-state index in [1.165, 1.54) is 17.0 Å². The van der Waals surface area contributed by atoms with Crippen LogP contribution in [-0.2, 0) is 11.4 Å². The number of nitrogens with zero attached hydrogens (tertiary/aromatic N) is 1. The Kier molecular flexibility index (Phi) is 6.33. The van der Waals surface area contributed by atoms with Crippen LogP contribution in [0.25, 0.3) is 6.08 Å². The lowest BCUT2D eigenvalue weighted by Crippen LogP contribution is -2.28. The first-order valence-electron chi connectivity index (χ1n) is 10.9. The summed E-state index contributed by atoms with van der Waals surface area (Å²) in [5.41, 5.74) is 2.11. The third kappa shape index (κ3) is 4.81. The Morgan fingerprint density at radius 1 is 1.03 bits per heavy atom. The van der Waals surface area contributed by atoms with Gasteiger partial charge in [-0.15, -0.1) is 0 Å². The highest BCUT2D eigenvalue weighted by Gasteiger charge is 2.34. The lowest BCUT2D eigenvalue weighted by molar-refractivity contribution is -0.113. The van der Waals surface area contributed by atoms with E-state index in [9.17, 15) is 9.18 Å². The van der Waals surface area contributed by atoms with Crippen LogP contribution in [0.3, 0.4) is 0 Å². The molecule has 0 radical (unpaired) electrons. The van der Waals surface area contributed by atoms with Crippen LogP contribution in [0.1, 0.15) is 18.1 Å². The van der Waals surface area contributed by atoms with Crippen LogP contribution in [-0.4, -0.2) is 24.5 Å². The van der Waals surface area contributed by atoms with Crippen LogP contribution < -0.4 is 23.8 Å². The Bertz CT molecular complexity index is 1330. The minimum absolute atomic E-state index is 0.101. The van der Waals surface area contributed by atoms with Crippen molar-refractivity contribution in [2.45, 2.75) is 13.5 Å². The summed E-state index contributed by atoms with van der Waals surface area (Å²) in [6.45, 7) is 2.70. The number of hydrogen-bond donors (Lipinski definition) is 1. The average molecular weight is 493 g/mol. The normalized spacial score (nSPS) is 15.7. The zero-order valence-electron chi connectivity index (χ0n) is 18.7. The first kappa shape index (κ1) is 22.8. The van der Waals surface area contributed by atoms with Crippen molar-refractivity contribution >= 4 is 34.6 Å². The van der Waals surface area contributed by atoms with Gasteiger partial charge in [-0.3, -0.25) is 15.1 Å². The van der Waals surface area contributed by atoms with Crippen molar-refractivity contribution < 1.29 is 28.1 Å². The van der Waals surface area contributed by atoms with Crippen molar-refractivity contribution in [3.63, 3.8) is 0 Å². The van der Waals surface area contributed by atoms with Crippen molar-refractivity contribution in [2.75, 3.05) is 18.3 Å². The summed E-state index contributed by atoms with van der Waals surface area (Å²) in [6, 6.07) is 16.6. The fourth-order valence-corrected chi connectivity index (χ4v) is 4.50. The van der Waals surface area contributed by atoms with E-state index < -0.39 is 0 Å². The Hall–Kier alpha value is -3.98. The van der Waals surface area contributed by atoms with Crippen LogP contribution in [0.4, 0.5) is 10.1 Å². The van der Waals surface area contributed by atoms with Gasteiger partial charge in [0.15, 0.2) is 28.2 Å². The maximum Gasteiger partial charge on any atom is 0.271 e. The molecule has 0 aromatic heterocycles. The highest BCUT2D eigenvalue weighted by Crippen LogP contribution is 2.40. The number of thioether (sulfide) groups is 1. The molecule has 2 heterocycles. The summed E-state index contributed by atoms with van der Waals surface area (Å²) >= 11 is 1.08. The molecule has 0 aliphatic carbocycles. The van der Waals surface area contributed by atoms with Gasteiger partial charge in [-0.25, -0.2) is 4.39 Å². The molecule has 3 aromatic rings. The van der Waals surface area contributed by atoms with Crippen LogP contribution in [0.15, 0.2) is 65.6 Å².